The van der Waals surface area contributed by atoms with Crippen molar-refractivity contribution in [1.82, 2.24) is 5.32 Å². The Bertz CT molecular complexity index is 368. The lowest BCUT2D eigenvalue weighted by atomic mass is 9.88. The van der Waals surface area contributed by atoms with Gasteiger partial charge in [0.2, 0.25) is 0 Å². The Labute approximate surface area is 93.6 Å². The van der Waals surface area contributed by atoms with E-state index in [4.69, 9.17) is 4.74 Å². The summed E-state index contributed by atoms with van der Waals surface area (Å²) in [6, 6.07) is 6.93. The van der Waals surface area contributed by atoms with E-state index < -0.39 is 11.8 Å². The lowest BCUT2D eigenvalue weighted by molar-refractivity contribution is -0.0479. The van der Waals surface area contributed by atoms with Gasteiger partial charge in [0, 0.05) is 19.5 Å². The fraction of sp³-hybridized carbons (Fsp3) is 0.500. The first-order valence-electron chi connectivity index (χ1n) is 5.36. The zero-order valence-corrected chi connectivity index (χ0v) is 9.17. The van der Waals surface area contributed by atoms with Crippen molar-refractivity contribution in [1.29, 1.82) is 0 Å². The highest BCUT2D eigenvalue weighted by Crippen LogP contribution is 2.38. The maximum Gasteiger partial charge on any atom is 0.257 e. The van der Waals surface area contributed by atoms with Crippen molar-refractivity contribution in [3.05, 3.63) is 29.8 Å². The first-order chi connectivity index (χ1) is 7.63. The maximum atomic E-state index is 13.7. The van der Waals surface area contributed by atoms with Crippen LogP contribution in [0.4, 0.5) is 8.78 Å². The number of nitrogens with one attached hydrogen (secondary N) is 1. The molecule has 16 heavy (non-hydrogen) atoms. The van der Waals surface area contributed by atoms with Crippen LogP contribution in [0, 0.1) is 0 Å². The van der Waals surface area contributed by atoms with E-state index in [1.807, 2.05) is 0 Å². The predicted octanol–water partition coefficient (Wildman–Crippen LogP) is 2.41. The highest BCUT2D eigenvalue weighted by molar-refractivity contribution is 5.32. The Hall–Kier alpha value is -1.16. The van der Waals surface area contributed by atoms with Crippen molar-refractivity contribution in [3.63, 3.8) is 0 Å². The molecular formula is C12H15F2NO. The van der Waals surface area contributed by atoms with Crippen LogP contribution in [-0.4, -0.2) is 26.1 Å². The van der Waals surface area contributed by atoms with Gasteiger partial charge in [-0.1, -0.05) is 12.1 Å². The monoisotopic (exact) mass is 227 g/mol. The largest absolute Gasteiger partial charge is 0.497 e. The second-order valence-electron chi connectivity index (χ2n) is 4.04. The van der Waals surface area contributed by atoms with Crippen LogP contribution < -0.4 is 10.1 Å². The van der Waals surface area contributed by atoms with E-state index in [0.717, 1.165) is 0 Å². The Morgan fingerprint density at radius 3 is 2.94 bits per heavy atom. The second-order valence-corrected chi connectivity index (χ2v) is 4.04. The predicted molar refractivity (Wildman–Crippen MR) is 58.2 cm³/mol. The van der Waals surface area contributed by atoms with Crippen molar-refractivity contribution in [2.24, 2.45) is 0 Å². The highest BCUT2D eigenvalue weighted by Gasteiger charge is 2.42. The molecule has 0 aromatic heterocycles. The van der Waals surface area contributed by atoms with Gasteiger partial charge in [-0.3, -0.25) is 0 Å². The number of halogens is 2. The van der Waals surface area contributed by atoms with Gasteiger partial charge in [-0.2, -0.15) is 0 Å². The molecule has 1 fully saturated rings. The molecule has 1 N–H and O–H groups in total. The summed E-state index contributed by atoms with van der Waals surface area (Å²) in [7, 11) is 1.54. The zero-order valence-electron chi connectivity index (χ0n) is 9.17. The molecule has 0 aliphatic carbocycles. The molecule has 0 saturated carbocycles. The van der Waals surface area contributed by atoms with Gasteiger partial charge < -0.3 is 10.1 Å². The quantitative estimate of drug-likeness (QED) is 0.837. The second kappa shape index (κ2) is 4.37. The zero-order chi connectivity index (χ0) is 11.6. The van der Waals surface area contributed by atoms with Crippen molar-refractivity contribution in [3.8, 4) is 5.75 Å². The summed E-state index contributed by atoms with van der Waals surface area (Å²) in [5, 5.41) is 3.01. The molecule has 1 aromatic rings. The average molecular weight is 227 g/mol. The highest BCUT2D eigenvalue weighted by atomic mass is 19.3. The summed E-state index contributed by atoms with van der Waals surface area (Å²) in [6.07, 6.45) is -0.102. The Balaban J connectivity index is 2.27. The lowest BCUT2D eigenvalue weighted by Gasteiger charge is -2.32. The topological polar surface area (TPSA) is 21.3 Å². The molecule has 1 unspecified atom stereocenters. The molecule has 0 bridgehead atoms. The summed E-state index contributed by atoms with van der Waals surface area (Å²) in [5.74, 6) is -2.76. The van der Waals surface area contributed by atoms with Crippen molar-refractivity contribution >= 4 is 0 Å². The lowest BCUT2D eigenvalue weighted by Crippen LogP contribution is -2.42. The number of ether oxygens (including phenoxy) is 1. The molecule has 4 heteroatoms. The Kier molecular flexibility index (Phi) is 3.10. The SMILES string of the molecule is COc1cccc(C2CNCCC2(F)F)c1. The van der Waals surface area contributed by atoms with E-state index in [9.17, 15) is 8.78 Å². The minimum Gasteiger partial charge on any atom is -0.497 e. The smallest absolute Gasteiger partial charge is 0.257 e. The molecule has 2 rings (SSSR count). The molecule has 0 spiro atoms. The van der Waals surface area contributed by atoms with Crippen molar-refractivity contribution < 1.29 is 13.5 Å². The maximum absolute atomic E-state index is 13.7. The van der Waals surface area contributed by atoms with Gasteiger partial charge in [-0.05, 0) is 17.7 Å². The number of rotatable bonds is 2. The van der Waals surface area contributed by atoms with E-state index >= 15 is 0 Å². The third-order valence-electron chi connectivity index (χ3n) is 2.99. The Morgan fingerprint density at radius 2 is 2.25 bits per heavy atom. The van der Waals surface area contributed by atoms with Gasteiger partial charge in [0.15, 0.2) is 0 Å². The fourth-order valence-corrected chi connectivity index (χ4v) is 2.04. The van der Waals surface area contributed by atoms with Crippen LogP contribution >= 0.6 is 0 Å². The normalized spacial score (nSPS) is 24.1. The molecule has 1 aliphatic rings. The molecular weight excluding hydrogens is 212 g/mol. The van der Waals surface area contributed by atoms with Crippen LogP contribution in [0.25, 0.3) is 0 Å². The van der Waals surface area contributed by atoms with Crippen LogP contribution in [0.3, 0.4) is 0 Å². The van der Waals surface area contributed by atoms with E-state index in [1.54, 1.807) is 24.3 Å². The molecule has 0 amide bonds. The molecule has 1 atom stereocenters. The van der Waals surface area contributed by atoms with Crippen LogP contribution in [0.2, 0.25) is 0 Å². The summed E-state index contributed by atoms with van der Waals surface area (Å²) >= 11 is 0. The molecule has 1 aromatic carbocycles. The van der Waals surface area contributed by atoms with Gasteiger partial charge >= 0.3 is 0 Å². The number of piperidine rings is 1. The number of methoxy groups -OCH3 is 1. The van der Waals surface area contributed by atoms with E-state index in [-0.39, 0.29) is 6.42 Å². The van der Waals surface area contributed by atoms with Crippen LogP contribution in [0.5, 0.6) is 5.75 Å². The first-order valence-corrected chi connectivity index (χ1v) is 5.36. The van der Waals surface area contributed by atoms with Gasteiger partial charge in [0.25, 0.3) is 5.92 Å². The third-order valence-corrected chi connectivity index (χ3v) is 2.99. The summed E-state index contributed by atoms with van der Waals surface area (Å²) in [4.78, 5) is 0. The summed E-state index contributed by atoms with van der Waals surface area (Å²) in [6.45, 7) is 0.702. The summed E-state index contributed by atoms with van der Waals surface area (Å²) in [5.41, 5.74) is 0.636. The minimum absolute atomic E-state index is 0.102. The molecule has 2 nitrogen and oxygen atoms in total. The van der Waals surface area contributed by atoms with Crippen LogP contribution in [0.15, 0.2) is 24.3 Å². The number of alkyl halides is 2. The van der Waals surface area contributed by atoms with E-state index in [1.165, 1.54) is 7.11 Å². The summed E-state index contributed by atoms with van der Waals surface area (Å²) < 4.78 is 32.5. The molecule has 1 aliphatic heterocycles. The molecule has 1 saturated heterocycles. The standard InChI is InChI=1S/C12H15F2NO/c1-16-10-4-2-3-9(7-10)11-8-15-6-5-12(11,13)14/h2-4,7,11,15H,5-6,8H2,1H3. The van der Waals surface area contributed by atoms with Crippen molar-refractivity contribution in [2.75, 3.05) is 20.2 Å². The fourth-order valence-electron chi connectivity index (χ4n) is 2.04. The van der Waals surface area contributed by atoms with Gasteiger partial charge in [-0.15, -0.1) is 0 Å². The first kappa shape index (κ1) is 11.3. The molecule has 88 valence electrons. The average Bonchev–Trinajstić information content (AvgIpc) is 2.28. The van der Waals surface area contributed by atoms with E-state index in [2.05, 4.69) is 5.32 Å². The van der Waals surface area contributed by atoms with Gasteiger partial charge in [0.05, 0.1) is 13.0 Å². The number of hydrogen-bond acceptors (Lipinski definition) is 2. The number of hydrogen-bond donors (Lipinski definition) is 1. The Morgan fingerprint density at radius 1 is 1.44 bits per heavy atom. The van der Waals surface area contributed by atoms with Gasteiger partial charge in [-0.25, -0.2) is 8.78 Å². The van der Waals surface area contributed by atoms with Crippen molar-refractivity contribution in [2.45, 2.75) is 18.3 Å². The van der Waals surface area contributed by atoms with E-state index in [0.29, 0.717) is 24.4 Å². The van der Waals surface area contributed by atoms with Crippen LogP contribution in [0.1, 0.15) is 17.9 Å². The third kappa shape index (κ3) is 2.16. The van der Waals surface area contributed by atoms with Gasteiger partial charge in [0.1, 0.15) is 5.75 Å². The molecule has 0 radical (unpaired) electrons. The number of benzene rings is 1. The minimum atomic E-state index is -2.63. The van der Waals surface area contributed by atoms with Crippen LogP contribution in [-0.2, 0) is 0 Å². The molecule has 1 heterocycles.